The van der Waals surface area contributed by atoms with Crippen LogP contribution in [0, 0.1) is 17.6 Å². The zero-order chi connectivity index (χ0) is 23.0. The van der Waals surface area contributed by atoms with Crippen LogP contribution in [0.1, 0.15) is 38.2 Å². The van der Waals surface area contributed by atoms with Gasteiger partial charge in [-0.1, -0.05) is 31.3 Å². The highest BCUT2D eigenvalue weighted by atomic mass is 32.2. The smallest absolute Gasteiger partial charge is 0.246 e. The minimum absolute atomic E-state index is 0.0496. The number of benzene rings is 2. The summed E-state index contributed by atoms with van der Waals surface area (Å²) in [6, 6.07) is 8.38. The van der Waals surface area contributed by atoms with E-state index >= 15 is 0 Å². The number of nitrogens with zero attached hydrogens (tertiary/aromatic N) is 2. The molecular weight excluding hydrogens is 456 g/mol. The number of nitrogens with one attached hydrogen (secondary N) is 1. The Labute approximate surface area is 189 Å². The first-order valence-electron chi connectivity index (χ1n) is 10.3. The Morgan fingerprint density at radius 3 is 2.56 bits per heavy atom. The van der Waals surface area contributed by atoms with Crippen LogP contribution in [0.15, 0.2) is 41.3 Å². The molecule has 0 atom stereocenters. The molecule has 1 fully saturated rings. The first-order valence-corrected chi connectivity index (χ1v) is 12.6. The third kappa shape index (κ3) is 4.53. The summed E-state index contributed by atoms with van der Waals surface area (Å²) in [5.74, 6) is -2.04. The normalized spacial score (nSPS) is 16.0. The summed E-state index contributed by atoms with van der Waals surface area (Å²) >= 11 is 1.40. The van der Waals surface area contributed by atoms with E-state index in [9.17, 15) is 22.0 Å². The number of anilines is 1. The predicted molar refractivity (Wildman–Crippen MR) is 120 cm³/mol. The van der Waals surface area contributed by atoms with Gasteiger partial charge in [-0.25, -0.2) is 22.2 Å². The first kappa shape index (κ1) is 22.8. The van der Waals surface area contributed by atoms with Crippen molar-refractivity contribution in [3.8, 4) is 0 Å². The standard InChI is InChI=1S/C22H23F2N3O3S2/c1-13(2)15-3-6-18-19(11-15)31-22(25-18)26-21(28)14-7-9-27(10-8-14)32(29,30)20-12-16(23)4-5-17(20)24/h3-6,11-14H,7-10H2,1-2H3,(H,25,26,28). The topological polar surface area (TPSA) is 79.4 Å². The number of carbonyl (C=O) groups is 1. The summed E-state index contributed by atoms with van der Waals surface area (Å²) in [5.41, 5.74) is 2.01. The molecule has 0 saturated carbocycles. The van der Waals surface area contributed by atoms with Gasteiger partial charge < -0.3 is 5.32 Å². The molecule has 0 bridgehead atoms. The monoisotopic (exact) mass is 479 g/mol. The second-order valence-electron chi connectivity index (χ2n) is 8.14. The summed E-state index contributed by atoms with van der Waals surface area (Å²) < 4.78 is 54.9. The lowest BCUT2D eigenvalue weighted by atomic mass is 9.97. The van der Waals surface area contributed by atoms with Crippen LogP contribution < -0.4 is 5.32 Å². The van der Waals surface area contributed by atoms with Gasteiger partial charge in [0, 0.05) is 19.0 Å². The number of piperidine rings is 1. The molecule has 4 rings (SSSR count). The predicted octanol–water partition coefficient (Wildman–Crippen LogP) is 4.74. The minimum Gasteiger partial charge on any atom is -0.302 e. The fraction of sp³-hybridized carbons (Fsp3) is 0.364. The number of halogens is 2. The number of amides is 1. The van der Waals surface area contributed by atoms with E-state index in [0.717, 1.165) is 26.7 Å². The molecule has 0 unspecified atom stereocenters. The van der Waals surface area contributed by atoms with Crippen LogP contribution in [0.2, 0.25) is 0 Å². The molecule has 0 aliphatic carbocycles. The number of sulfonamides is 1. The fourth-order valence-electron chi connectivity index (χ4n) is 3.73. The Morgan fingerprint density at radius 2 is 1.88 bits per heavy atom. The number of hydrogen-bond acceptors (Lipinski definition) is 5. The summed E-state index contributed by atoms with van der Waals surface area (Å²) in [6.45, 7) is 4.32. The maximum Gasteiger partial charge on any atom is 0.246 e. The lowest BCUT2D eigenvalue weighted by Gasteiger charge is -2.30. The van der Waals surface area contributed by atoms with Gasteiger partial charge in [0.15, 0.2) is 5.13 Å². The molecule has 10 heteroatoms. The molecule has 1 aliphatic heterocycles. The maximum absolute atomic E-state index is 14.0. The Bertz CT molecular complexity index is 1270. The average molecular weight is 480 g/mol. The van der Waals surface area contributed by atoms with E-state index in [2.05, 4.69) is 30.2 Å². The third-order valence-electron chi connectivity index (χ3n) is 5.65. The SMILES string of the molecule is CC(C)c1ccc2nc(NC(=O)C3CCN(S(=O)(=O)c4cc(F)ccc4F)CC3)sc2c1. The number of fused-ring (bicyclic) bond motifs is 1. The van der Waals surface area contributed by atoms with E-state index in [-0.39, 0.29) is 31.8 Å². The Kier molecular flexibility index (Phi) is 6.28. The van der Waals surface area contributed by atoms with Crippen LogP contribution in [-0.4, -0.2) is 36.7 Å². The number of rotatable bonds is 5. The van der Waals surface area contributed by atoms with Crippen LogP contribution in [0.5, 0.6) is 0 Å². The lowest BCUT2D eigenvalue weighted by Crippen LogP contribution is -2.41. The molecule has 6 nitrogen and oxygen atoms in total. The maximum atomic E-state index is 14.0. The molecule has 1 aliphatic rings. The van der Waals surface area contributed by atoms with Gasteiger partial charge in [-0.15, -0.1) is 0 Å². The highest BCUT2D eigenvalue weighted by Crippen LogP contribution is 2.31. The molecule has 1 saturated heterocycles. The van der Waals surface area contributed by atoms with Crippen molar-refractivity contribution in [2.75, 3.05) is 18.4 Å². The van der Waals surface area contributed by atoms with Crippen molar-refractivity contribution in [1.82, 2.24) is 9.29 Å². The molecule has 32 heavy (non-hydrogen) atoms. The largest absolute Gasteiger partial charge is 0.302 e. The van der Waals surface area contributed by atoms with E-state index in [1.54, 1.807) is 0 Å². The number of hydrogen-bond donors (Lipinski definition) is 1. The zero-order valence-electron chi connectivity index (χ0n) is 17.6. The quantitative estimate of drug-likeness (QED) is 0.573. The third-order valence-corrected chi connectivity index (χ3v) is 8.49. The van der Waals surface area contributed by atoms with Gasteiger partial charge in [0.05, 0.1) is 10.2 Å². The van der Waals surface area contributed by atoms with Gasteiger partial charge in [0.25, 0.3) is 0 Å². The van der Waals surface area contributed by atoms with Crippen molar-refractivity contribution < 1.29 is 22.0 Å². The van der Waals surface area contributed by atoms with Gasteiger partial charge in [-0.05, 0) is 54.7 Å². The molecule has 0 radical (unpaired) electrons. The van der Waals surface area contributed by atoms with Crippen molar-refractivity contribution >= 4 is 42.6 Å². The number of thiazole rings is 1. The molecule has 1 aromatic heterocycles. The van der Waals surface area contributed by atoms with E-state index in [1.165, 1.54) is 16.9 Å². The van der Waals surface area contributed by atoms with E-state index in [1.807, 2.05) is 12.1 Å². The highest BCUT2D eigenvalue weighted by Gasteiger charge is 2.34. The first-order chi connectivity index (χ1) is 15.1. The van der Waals surface area contributed by atoms with E-state index in [0.29, 0.717) is 17.1 Å². The molecule has 1 amide bonds. The minimum atomic E-state index is -4.18. The zero-order valence-corrected chi connectivity index (χ0v) is 19.3. The van der Waals surface area contributed by atoms with Crippen molar-refractivity contribution in [3.05, 3.63) is 53.6 Å². The second-order valence-corrected chi connectivity index (χ2v) is 11.1. The molecule has 2 heterocycles. The average Bonchev–Trinajstić information content (AvgIpc) is 3.16. The molecule has 0 spiro atoms. The van der Waals surface area contributed by atoms with Gasteiger partial charge in [-0.3, -0.25) is 4.79 Å². The summed E-state index contributed by atoms with van der Waals surface area (Å²) in [5, 5.41) is 3.35. The highest BCUT2D eigenvalue weighted by molar-refractivity contribution is 7.89. The van der Waals surface area contributed by atoms with Gasteiger partial charge in [-0.2, -0.15) is 4.31 Å². The summed E-state index contributed by atoms with van der Waals surface area (Å²) in [6.07, 6.45) is 0.564. The summed E-state index contributed by atoms with van der Waals surface area (Å²) in [7, 11) is -4.18. The Hall–Kier alpha value is -2.43. The molecular formula is C22H23F2N3O3S2. The van der Waals surface area contributed by atoms with Gasteiger partial charge in [0.1, 0.15) is 16.5 Å². The van der Waals surface area contributed by atoms with E-state index < -0.39 is 32.5 Å². The molecule has 3 aromatic rings. The Morgan fingerprint density at radius 1 is 1.16 bits per heavy atom. The fourth-order valence-corrected chi connectivity index (χ4v) is 6.20. The summed E-state index contributed by atoms with van der Waals surface area (Å²) in [4.78, 5) is 16.5. The van der Waals surface area contributed by atoms with Gasteiger partial charge >= 0.3 is 0 Å². The van der Waals surface area contributed by atoms with Crippen LogP contribution in [0.3, 0.4) is 0 Å². The lowest BCUT2D eigenvalue weighted by molar-refractivity contribution is -0.120. The van der Waals surface area contributed by atoms with Crippen molar-refractivity contribution in [2.24, 2.45) is 5.92 Å². The number of carbonyl (C=O) groups excluding carboxylic acids is 1. The number of aromatic nitrogens is 1. The van der Waals surface area contributed by atoms with Crippen LogP contribution in [0.4, 0.5) is 13.9 Å². The van der Waals surface area contributed by atoms with Crippen LogP contribution in [0.25, 0.3) is 10.2 Å². The van der Waals surface area contributed by atoms with Crippen molar-refractivity contribution in [1.29, 1.82) is 0 Å². The van der Waals surface area contributed by atoms with Crippen LogP contribution >= 0.6 is 11.3 Å². The van der Waals surface area contributed by atoms with Crippen LogP contribution in [-0.2, 0) is 14.8 Å². The molecule has 1 N–H and O–H groups in total. The molecule has 2 aromatic carbocycles. The van der Waals surface area contributed by atoms with E-state index in [4.69, 9.17) is 0 Å². The van der Waals surface area contributed by atoms with Crippen molar-refractivity contribution in [3.63, 3.8) is 0 Å². The Balaban J connectivity index is 1.41. The van der Waals surface area contributed by atoms with Crippen molar-refractivity contribution in [2.45, 2.75) is 37.5 Å². The molecule has 170 valence electrons. The van der Waals surface area contributed by atoms with Gasteiger partial charge in [0.2, 0.25) is 15.9 Å². The second kappa shape index (κ2) is 8.84.